The molecule has 0 saturated carbocycles. The molecule has 0 saturated heterocycles. The summed E-state index contributed by atoms with van der Waals surface area (Å²) < 4.78 is 0. The molecule has 1 N–H and O–H groups in total. The smallest absolute Gasteiger partial charge is 0.197 e. The summed E-state index contributed by atoms with van der Waals surface area (Å²) in [6.07, 6.45) is 1.76. The lowest BCUT2D eigenvalue weighted by atomic mass is 10.2. The van der Waals surface area contributed by atoms with E-state index in [0.717, 1.165) is 38.0 Å². The Balaban J connectivity index is 1.78. The number of benzene rings is 1. The molecule has 6 heteroatoms. The van der Waals surface area contributed by atoms with Gasteiger partial charge in [0.2, 0.25) is 0 Å². The Bertz CT molecular complexity index is 992. The van der Waals surface area contributed by atoms with Gasteiger partial charge in [0.25, 0.3) is 0 Å². The molecule has 0 spiro atoms. The standard InChI is InChI=1S/C16H13N5S/c1-9-6-7-11-12(18-9)4-3-5-13(11)22-14-8-17-15-16(21-14)20-10(2)19-15/h3-8H,1-2H3,(H,17,19,20,21). The molecule has 3 heterocycles. The van der Waals surface area contributed by atoms with Crippen LogP contribution in [0.25, 0.3) is 22.2 Å². The van der Waals surface area contributed by atoms with Crippen LogP contribution in [0.15, 0.2) is 46.5 Å². The third-order valence-electron chi connectivity index (χ3n) is 3.35. The lowest BCUT2D eigenvalue weighted by molar-refractivity contribution is 1.10. The minimum absolute atomic E-state index is 0.650. The second kappa shape index (κ2) is 5.06. The van der Waals surface area contributed by atoms with Crippen molar-refractivity contribution in [3.63, 3.8) is 0 Å². The van der Waals surface area contributed by atoms with Crippen molar-refractivity contribution in [2.45, 2.75) is 23.8 Å². The van der Waals surface area contributed by atoms with Gasteiger partial charge in [-0.3, -0.25) is 4.98 Å². The van der Waals surface area contributed by atoms with Gasteiger partial charge in [0, 0.05) is 16.0 Å². The molecule has 0 amide bonds. The molecule has 4 aromatic rings. The van der Waals surface area contributed by atoms with Crippen LogP contribution in [0.4, 0.5) is 0 Å². The molecule has 4 rings (SSSR count). The van der Waals surface area contributed by atoms with Crippen molar-refractivity contribution in [3.8, 4) is 0 Å². The van der Waals surface area contributed by atoms with Gasteiger partial charge >= 0.3 is 0 Å². The fourth-order valence-corrected chi connectivity index (χ4v) is 3.27. The topological polar surface area (TPSA) is 67.3 Å². The molecule has 0 atom stereocenters. The normalized spacial score (nSPS) is 11.4. The molecule has 3 aromatic heterocycles. The first-order valence-electron chi connectivity index (χ1n) is 6.93. The van der Waals surface area contributed by atoms with Crippen molar-refractivity contribution in [2.24, 2.45) is 0 Å². The van der Waals surface area contributed by atoms with Gasteiger partial charge in [-0.2, -0.15) is 0 Å². The molecule has 0 aliphatic carbocycles. The van der Waals surface area contributed by atoms with E-state index >= 15 is 0 Å². The van der Waals surface area contributed by atoms with E-state index in [0.29, 0.717) is 5.65 Å². The van der Waals surface area contributed by atoms with Crippen LogP contribution in [0.3, 0.4) is 0 Å². The van der Waals surface area contributed by atoms with E-state index in [-0.39, 0.29) is 0 Å². The highest BCUT2D eigenvalue weighted by Crippen LogP contribution is 2.32. The van der Waals surface area contributed by atoms with Crippen LogP contribution in [0.2, 0.25) is 0 Å². The molecule has 0 radical (unpaired) electrons. The predicted octanol–water partition coefficient (Wildman–Crippen LogP) is 3.67. The van der Waals surface area contributed by atoms with Gasteiger partial charge in [-0.1, -0.05) is 17.8 Å². The Hall–Kier alpha value is -2.47. The van der Waals surface area contributed by atoms with Gasteiger partial charge < -0.3 is 4.98 Å². The number of rotatable bonds is 2. The second-order valence-electron chi connectivity index (χ2n) is 5.08. The lowest BCUT2D eigenvalue weighted by Crippen LogP contribution is -1.88. The summed E-state index contributed by atoms with van der Waals surface area (Å²) in [5.74, 6) is 0.821. The van der Waals surface area contributed by atoms with Crippen LogP contribution >= 0.6 is 11.8 Å². The van der Waals surface area contributed by atoms with Gasteiger partial charge in [0.05, 0.1) is 11.7 Å². The molecular formula is C16H13N5S. The largest absolute Gasteiger partial charge is 0.325 e. The first-order chi connectivity index (χ1) is 10.7. The molecule has 5 nitrogen and oxygen atoms in total. The molecular weight excluding hydrogens is 294 g/mol. The summed E-state index contributed by atoms with van der Waals surface area (Å²) in [4.78, 5) is 22.0. The number of fused-ring (bicyclic) bond motifs is 2. The maximum Gasteiger partial charge on any atom is 0.197 e. The number of hydrogen-bond donors (Lipinski definition) is 1. The Morgan fingerprint density at radius 1 is 1.00 bits per heavy atom. The van der Waals surface area contributed by atoms with E-state index in [4.69, 9.17) is 0 Å². The number of nitrogens with one attached hydrogen (secondary N) is 1. The van der Waals surface area contributed by atoms with Crippen molar-refractivity contribution in [2.75, 3.05) is 0 Å². The fraction of sp³-hybridized carbons (Fsp3) is 0.125. The monoisotopic (exact) mass is 307 g/mol. The average molecular weight is 307 g/mol. The van der Waals surface area contributed by atoms with Gasteiger partial charge in [-0.15, -0.1) is 0 Å². The number of nitrogens with zero attached hydrogens (tertiary/aromatic N) is 4. The number of aryl methyl sites for hydroxylation is 2. The third kappa shape index (κ3) is 2.31. The van der Waals surface area contributed by atoms with Crippen LogP contribution in [-0.4, -0.2) is 24.9 Å². The average Bonchev–Trinajstić information content (AvgIpc) is 2.86. The number of aromatic nitrogens is 5. The molecule has 0 aliphatic heterocycles. The van der Waals surface area contributed by atoms with E-state index in [1.165, 1.54) is 0 Å². The first-order valence-corrected chi connectivity index (χ1v) is 7.74. The predicted molar refractivity (Wildman–Crippen MR) is 87.0 cm³/mol. The number of aromatic amines is 1. The van der Waals surface area contributed by atoms with Crippen molar-refractivity contribution in [1.82, 2.24) is 24.9 Å². The van der Waals surface area contributed by atoms with Gasteiger partial charge in [0.1, 0.15) is 10.9 Å². The van der Waals surface area contributed by atoms with E-state index < -0.39 is 0 Å². The lowest BCUT2D eigenvalue weighted by Gasteiger charge is -2.05. The van der Waals surface area contributed by atoms with Crippen molar-refractivity contribution < 1.29 is 0 Å². The SMILES string of the molecule is Cc1ccc2c(Sc3cnc4nc(C)[nH]c4n3)cccc2n1. The zero-order chi connectivity index (χ0) is 15.1. The number of pyridine rings is 1. The first kappa shape index (κ1) is 13.2. The van der Waals surface area contributed by atoms with Crippen LogP contribution < -0.4 is 0 Å². The minimum Gasteiger partial charge on any atom is -0.325 e. The van der Waals surface area contributed by atoms with E-state index in [1.807, 2.05) is 32.0 Å². The van der Waals surface area contributed by atoms with E-state index in [2.05, 4.69) is 37.1 Å². The molecule has 22 heavy (non-hydrogen) atoms. The molecule has 0 bridgehead atoms. The highest BCUT2D eigenvalue weighted by atomic mass is 32.2. The zero-order valence-electron chi connectivity index (χ0n) is 12.2. The van der Waals surface area contributed by atoms with Gasteiger partial charge in [-0.05, 0) is 38.1 Å². The third-order valence-corrected chi connectivity index (χ3v) is 4.33. The summed E-state index contributed by atoms with van der Waals surface area (Å²) in [5, 5.41) is 1.96. The summed E-state index contributed by atoms with van der Waals surface area (Å²) in [6, 6.07) is 10.3. The van der Waals surface area contributed by atoms with Crippen molar-refractivity contribution in [3.05, 3.63) is 48.0 Å². The zero-order valence-corrected chi connectivity index (χ0v) is 13.0. The van der Waals surface area contributed by atoms with Gasteiger partial charge in [0.15, 0.2) is 11.3 Å². The number of H-pyrrole nitrogens is 1. The number of hydrogen-bond acceptors (Lipinski definition) is 5. The fourth-order valence-electron chi connectivity index (χ4n) is 2.37. The van der Waals surface area contributed by atoms with Crippen LogP contribution in [-0.2, 0) is 0 Å². The van der Waals surface area contributed by atoms with Crippen LogP contribution in [0, 0.1) is 13.8 Å². The number of imidazole rings is 1. The summed E-state index contributed by atoms with van der Waals surface area (Å²) in [5.41, 5.74) is 3.38. The molecule has 0 unspecified atom stereocenters. The maximum atomic E-state index is 4.58. The highest BCUT2D eigenvalue weighted by Gasteiger charge is 2.08. The Kier molecular flexibility index (Phi) is 3.04. The summed E-state index contributed by atoms with van der Waals surface area (Å²) >= 11 is 1.59. The van der Waals surface area contributed by atoms with E-state index in [1.54, 1.807) is 18.0 Å². The second-order valence-corrected chi connectivity index (χ2v) is 6.14. The van der Waals surface area contributed by atoms with Crippen LogP contribution in [0.1, 0.15) is 11.5 Å². The Morgan fingerprint density at radius 2 is 1.91 bits per heavy atom. The molecule has 108 valence electrons. The molecule has 0 fully saturated rings. The Labute approximate surface area is 131 Å². The molecule has 0 aliphatic rings. The Morgan fingerprint density at radius 3 is 2.82 bits per heavy atom. The van der Waals surface area contributed by atoms with Crippen molar-refractivity contribution >= 4 is 34.0 Å². The van der Waals surface area contributed by atoms with E-state index in [9.17, 15) is 0 Å². The maximum absolute atomic E-state index is 4.58. The van der Waals surface area contributed by atoms with Gasteiger partial charge in [-0.25, -0.2) is 15.0 Å². The highest BCUT2D eigenvalue weighted by molar-refractivity contribution is 7.99. The molecule has 1 aromatic carbocycles. The summed E-state index contributed by atoms with van der Waals surface area (Å²) in [7, 11) is 0. The van der Waals surface area contributed by atoms with Crippen LogP contribution in [0.5, 0.6) is 0 Å². The van der Waals surface area contributed by atoms with Crippen molar-refractivity contribution in [1.29, 1.82) is 0 Å². The summed E-state index contributed by atoms with van der Waals surface area (Å²) in [6.45, 7) is 3.90. The minimum atomic E-state index is 0.650. The quantitative estimate of drug-likeness (QED) is 0.612.